The van der Waals surface area contributed by atoms with E-state index in [0.29, 0.717) is 5.92 Å². The average molecular weight is 236 g/mol. The van der Waals surface area contributed by atoms with Gasteiger partial charge in [-0.3, -0.25) is 0 Å². The molecule has 4 nitrogen and oxygen atoms in total. The molecule has 0 aliphatic heterocycles. The lowest BCUT2D eigenvalue weighted by molar-refractivity contribution is 0.191. The first-order valence-corrected chi connectivity index (χ1v) is 5.83. The maximum Gasteiger partial charge on any atom is 0.405 e. The van der Waals surface area contributed by atoms with Crippen molar-refractivity contribution in [3.63, 3.8) is 0 Å². The van der Waals surface area contributed by atoms with Gasteiger partial charge < -0.3 is 15.7 Å². The van der Waals surface area contributed by atoms with Crippen LogP contribution < -0.4 is 10.6 Å². The summed E-state index contributed by atoms with van der Waals surface area (Å²) in [6.07, 6.45) is -1.00. The minimum Gasteiger partial charge on any atom is -0.465 e. The number of anilines is 1. The van der Waals surface area contributed by atoms with E-state index in [-0.39, 0.29) is 6.04 Å². The van der Waals surface area contributed by atoms with Crippen LogP contribution in [-0.2, 0) is 0 Å². The van der Waals surface area contributed by atoms with Crippen LogP contribution in [0.15, 0.2) is 24.3 Å². The van der Waals surface area contributed by atoms with Crippen molar-refractivity contribution < 1.29 is 9.90 Å². The van der Waals surface area contributed by atoms with Crippen LogP contribution in [0.4, 0.5) is 10.5 Å². The van der Waals surface area contributed by atoms with Gasteiger partial charge in [0.2, 0.25) is 0 Å². The quantitative estimate of drug-likeness (QED) is 0.736. The molecule has 0 saturated heterocycles. The van der Waals surface area contributed by atoms with Crippen molar-refractivity contribution in [2.24, 2.45) is 5.92 Å². The topological polar surface area (TPSA) is 61.4 Å². The first kappa shape index (κ1) is 13.4. The summed E-state index contributed by atoms with van der Waals surface area (Å²) in [4.78, 5) is 10.6. The number of amides is 1. The molecule has 0 radical (unpaired) electrons. The molecule has 0 saturated carbocycles. The standard InChI is InChI=1S/C13H20N2O2/c1-9(2)8-14-12-7-5-4-6-11(12)10(3)15-13(16)17/h4-7,9-10,14-15H,8H2,1-3H3,(H,16,17)/t10-/m1/s1. The van der Waals surface area contributed by atoms with Gasteiger partial charge in [-0.25, -0.2) is 4.79 Å². The minimum absolute atomic E-state index is 0.219. The zero-order valence-electron chi connectivity index (χ0n) is 10.5. The van der Waals surface area contributed by atoms with Crippen LogP contribution in [0.2, 0.25) is 0 Å². The largest absolute Gasteiger partial charge is 0.465 e. The van der Waals surface area contributed by atoms with E-state index in [2.05, 4.69) is 24.5 Å². The lowest BCUT2D eigenvalue weighted by Crippen LogP contribution is -2.25. The molecule has 1 rings (SSSR count). The molecule has 0 unspecified atom stereocenters. The van der Waals surface area contributed by atoms with Crippen LogP contribution in [0.3, 0.4) is 0 Å². The van der Waals surface area contributed by atoms with Crippen LogP contribution >= 0.6 is 0 Å². The third-order valence-electron chi connectivity index (χ3n) is 2.47. The molecule has 0 fully saturated rings. The molecule has 1 aromatic carbocycles. The Hall–Kier alpha value is -1.71. The summed E-state index contributed by atoms with van der Waals surface area (Å²) >= 11 is 0. The molecule has 0 heterocycles. The molecular weight excluding hydrogens is 216 g/mol. The first-order chi connectivity index (χ1) is 8.00. The van der Waals surface area contributed by atoms with E-state index in [0.717, 1.165) is 17.8 Å². The monoisotopic (exact) mass is 236 g/mol. The summed E-state index contributed by atoms with van der Waals surface area (Å²) in [5, 5.41) is 14.5. The van der Waals surface area contributed by atoms with Gasteiger partial charge in [0, 0.05) is 12.2 Å². The Labute approximate surface area is 102 Å². The Kier molecular flexibility index (Phi) is 4.82. The third-order valence-corrected chi connectivity index (χ3v) is 2.47. The molecule has 0 aliphatic carbocycles. The van der Waals surface area contributed by atoms with Crippen molar-refractivity contribution in [2.75, 3.05) is 11.9 Å². The van der Waals surface area contributed by atoms with Crippen LogP contribution in [0.25, 0.3) is 0 Å². The molecule has 1 amide bonds. The molecule has 17 heavy (non-hydrogen) atoms. The summed E-state index contributed by atoms with van der Waals surface area (Å²) in [5.41, 5.74) is 1.96. The second-order valence-electron chi connectivity index (χ2n) is 4.53. The van der Waals surface area contributed by atoms with Crippen molar-refractivity contribution in [2.45, 2.75) is 26.8 Å². The number of para-hydroxylation sites is 1. The molecule has 4 heteroatoms. The van der Waals surface area contributed by atoms with E-state index in [1.807, 2.05) is 31.2 Å². The van der Waals surface area contributed by atoms with Crippen molar-refractivity contribution >= 4 is 11.8 Å². The highest BCUT2D eigenvalue weighted by molar-refractivity contribution is 5.66. The fraction of sp³-hybridized carbons (Fsp3) is 0.462. The van der Waals surface area contributed by atoms with Gasteiger partial charge in [-0.1, -0.05) is 32.0 Å². The predicted octanol–water partition coefficient (Wildman–Crippen LogP) is 3.08. The lowest BCUT2D eigenvalue weighted by Gasteiger charge is -2.18. The van der Waals surface area contributed by atoms with E-state index in [1.54, 1.807) is 0 Å². The number of nitrogens with one attached hydrogen (secondary N) is 2. The van der Waals surface area contributed by atoms with Gasteiger partial charge in [-0.15, -0.1) is 0 Å². The molecule has 3 N–H and O–H groups in total. The summed E-state index contributed by atoms with van der Waals surface area (Å²) < 4.78 is 0. The minimum atomic E-state index is -1.00. The van der Waals surface area contributed by atoms with Gasteiger partial charge in [0.25, 0.3) is 0 Å². The average Bonchev–Trinajstić information content (AvgIpc) is 2.25. The second kappa shape index (κ2) is 6.13. The Bertz CT molecular complexity index is 377. The van der Waals surface area contributed by atoms with Gasteiger partial charge >= 0.3 is 6.09 Å². The zero-order chi connectivity index (χ0) is 12.8. The summed E-state index contributed by atoms with van der Waals surface area (Å²) in [5.74, 6) is 0.547. The van der Waals surface area contributed by atoms with Gasteiger partial charge in [0.1, 0.15) is 0 Å². The Balaban J connectivity index is 2.79. The van der Waals surface area contributed by atoms with Crippen LogP contribution in [0.5, 0.6) is 0 Å². The Morgan fingerprint density at radius 3 is 2.53 bits per heavy atom. The van der Waals surface area contributed by atoms with E-state index in [1.165, 1.54) is 0 Å². The van der Waals surface area contributed by atoms with Crippen LogP contribution in [0, 0.1) is 5.92 Å². The van der Waals surface area contributed by atoms with Crippen molar-refractivity contribution in [3.05, 3.63) is 29.8 Å². The number of benzene rings is 1. The molecule has 1 aromatic rings. The summed E-state index contributed by atoms with van der Waals surface area (Å²) in [6.45, 7) is 6.98. The van der Waals surface area contributed by atoms with E-state index >= 15 is 0 Å². The van der Waals surface area contributed by atoms with E-state index in [4.69, 9.17) is 5.11 Å². The molecule has 0 spiro atoms. The lowest BCUT2D eigenvalue weighted by atomic mass is 10.1. The normalized spacial score (nSPS) is 12.2. The highest BCUT2D eigenvalue weighted by Crippen LogP contribution is 2.22. The second-order valence-corrected chi connectivity index (χ2v) is 4.53. The third kappa shape index (κ3) is 4.34. The van der Waals surface area contributed by atoms with Crippen molar-refractivity contribution in [1.82, 2.24) is 5.32 Å². The summed E-state index contributed by atoms with van der Waals surface area (Å²) in [7, 11) is 0. The van der Waals surface area contributed by atoms with Crippen LogP contribution in [0.1, 0.15) is 32.4 Å². The first-order valence-electron chi connectivity index (χ1n) is 5.83. The number of hydrogen-bond acceptors (Lipinski definition) is 2. The van der Waals surface area contributed by atoms with Crippen molar-refractivity contribution in [1.29, 1.82) is 0 Å². The van der Waals surface area contributed by atoms with Gasteiger partial charge in [0.15, 0.2) is 0 Å². The fourth-order valence-corrected chi connectivity index (χ4v) is 1.61. The highest BCUT2D eigenvalue weighted by Gasteiger charge is 2.11. The smallest absolute Gasteiger partial charge is 0.405 e. The zero-order valence-corrected chi connectivity index (χ0v) is 10.5. The summed E-state index contributed by atoms with van der Waals surface area (Å²) in [6, 6.07) is 7.54. The number of carboxylic acid groups (broad SMARTS) is 1. The molecule has 0 aromatic heterocycles. The molecule has 0 bridgehead atoms. The number of rotatable bonds is 5. The van der Waals surface area contributed by atoms with Gasteiger partial charge in [-0.05, 0) is 24.5 Å². The van der Waals surface area contributed by atoms with Crippen molar-refractivity contribution in [3.8, 4) is 0 Å². The highest BCUT2D eigenvalue weighted by atomic mass is 16.4. The van der Waals surface area contributed by atoms with Crippen LogP contribution in [-0.4, -0.2) is 17.7 Å². The molecule has 1 atom stereocenters. The maximum absolute atomic E-state index is 10.6. The number of hydrogen-bond donors (Lipinski definition) is 3. The maximum atomic E-state index is 10.6. The molecular formula is C13H20N2O2. The van der Waals surface area contributed by atoms with E-state index in [9.17, 15) is 4.79 Å². The molecule has 0 aliphatic rings. The van der Waals surface area contributed by atoms with Gasteiger partial charge in [0.05, 0.1) is 6.04 Å². The Morgan fingerprint density at radius 2 is 1.94 bits per heavy atom. The Morgan fingerprint density at radius 1 is 1.29 bits per heavy atom. The van der Waals surface area contributed by atoms with E-state index < -0.39 is 6.09 Å². The fourth-order valence-electron chi connectivity index (χ4n) is 1.61. The van der Waals surface area contributed by atoms with Gasteiger partial charge in [-0.2, -0.15) is 0 Å². The molecule has 94 valence electrons. The predicted molar refractivity (Wildman–Crippen MR) is 69.3 cm³/mol. The SMILES string of the molecule is CC(C)CNc1ccccc1[C@@H](C)NC(=O)O. The number of carbonyl (C=O) groups is 1.